The van der Waals surface area contributed by atoms with Gasteiger partial charge < -0.3 is 10.1 Å². The van der Waals surface area contributed by atoms with Crippen molar-refractivity contribution in [2.75, 3.05) is 11.9 Å². The minimum absolute atomic E-state index is 0.378. The van der Waals surface area contributed by atoms with E-state index in [1.165, 1.54) is 10.4 Å². The van der Waals surface area contributed by atoms with Crippen molar-refractivity contribution in [1.82, 2.24) is 5.32 Å². The van der Waals surface area contributed by atoms with Crippen molar-refractivity contribution in [2.45, 2.75) is 39.3 Å². The van der Waals surface area contributed by atoms with Gasteiger partial charge in [0.05, 0.1) is 5.69 Å². The summed E-state index contributed by atoms with van der Waals surface area (Å²) < 4.78 is 5.24. The van der Waals surface area contributed by atoms with Gasteiger partial charge in [-0.2, -0.15) is 0 Å². The number of fused-ring (bicyclic) bond motifs is 1. The fourth-order valence-corrected chi connectivity index (χ4v) is 2.78. The van der Waals surface area contributed by atoms with E-state index >= 15 is 0 Å². The molecule has 0 unspecified atom stereocenters. The molecule has 0 saturated carbocycles. The van der Waals surface area contributed by atoms with Crippen molar-refractivity contribution >= 4 is 23.1 Å². The molecule has 4 nitrogen and oxygen atoms in total. The van der Waals surface area contributed by atoms with Crippen LogP contribution in [0.4, 0.5) is 10.5 Å². The third kappa shape index (κ3) is 3.20. The lowest BCUT2D eigenvalue weighted by molar-refractivity contribution is 0.0636. The molecular formula is C12H18N2O2S. The lowest BCUT2D eigenvalue weighted by atomic mass is 10.1. The maximum Gasteiger partial charge on any atom is 0.412 e. The molecule has 0 aliphatic carbocycles. The van der Waals surface area contributed by atoms with Crippen LogP contribution < -0.4 is 10.6 Å². The molecule has 2 N–H and O–H groups in total. The molecule has 1 aromatic rings. The van der Waals surface area contributed by atoms with E-state index in [-0.39, 0.29) is 6.09 Å². The summed E-state index contributed by atoms with van der Waals surface area (Å²) in [6.45, 7) is 7.45. The molecule has 2 heterocycles. The van der Waals surface area contributed by atoms with Crippen LogP contribution in [0.1, 0.15) is 31.2 Å². The van der Waals surface area contributed by atoms with E-state index in [0.29, 0.717) is 0 Å². The van der Waals surface area contributed by atoms with Crippen molar-refractivity contribution in [3.05, 3.63) is 15.8 Å². The zero-order valence-electron chi connectivity index (χ0n) is 10.4. The van der Waals surface area contributed by atoms with Gasteiger partial charge in [-0.15, -0.1) is 11.3 Å². The van der Waals surface area contributed by atoms with Crippen LogP contribution >= 0.6 is 11.3 Å². The van der Waals surface area contributed by atoms with Crippen molar-refractivity contribution in [2.24, 2.45) is 0 Å². The fourth-order valence-electron chi connectivity index (χ4n) is 1.78. The average Bonchev–Trinajstić information content (AvgIpc) is 2.59. The van der Waals surface area contributed by atoms with Crippen molar-refractivity contribution < 1.29 is 9.53 Å². The Balaban J connectivity index is 2.04. The van der Waals surface area contributed by atoms with Crippen LogP contribution in [0, 0.1) is 0 Å². The minimum atomic E-state index is -0.457. The number of amides is 1. The van der Waals surface area contributed by atoms with Crippen LogP contribution in [-0.2, 0) is 17.7 Å². The van der Waals surface area contributed by atoms with Gasteiger partial charge in [-0.05, 0) is 39.3 Å². The molecule has 0 fully saturated rings. The number of hydrogen-bond donors (Lipinski definition) is 2. The number of carbonyl (C=O) groups is 1. The molecule has 17 heavy (non-hydrogen) atoms. The molecule has 0 bridgehead atoms. The van der Waals surface area contributed by atoms with E-state index in [4.69, 9.17) is 4.74 Å². The summed E-state index contributed by atoms with van der Waals surface area (Å²) in [7, 11) is 0. The van der Waals surface area contributed by atoms with Gasteiger partial charge in [0.1, 0.15) is 5.60 Å². The summed E-state index contributed by atoms with van der Waals surface area (Å²) in [5.74, 6) is 0. The van der Waals surface area contributed by atoms with Crippen LogP contribution in [-0.4, -0.2) is 18.2 Å². The molecule has 0 radical (unpaired) electrons. The Kier molecular flexibility index (Phi) is 3.40. The summed E-state index contributed by atoms with van der Waals surface area (Å²) in [5.41, 5.74) is 1.70. The first-order chi connectivity index (χ1) is 7.96. The van der Waals surface area contributed by atoms with E-state index in [9.17, 15) is 4.79 Å². The molecule has 0 saturated heterocycles. The number of thiophene rings is 1. The summed E-state index contributed by atoms with van der Waals surface area (Å²) in [4.78, 5) is 13.0. The minimum Gasteiger partial charge on any atom is -0.444 e. The Morgan fingerprint density at radius 3 is 3.00 bits per heavy atom. The fraction of sp³-hybridized carbons (Fsp3) is 0.583. The lowest BCUT2D eigenvalue weighted by Crippen LogP contribution is -2.28. The number of rotatable bonds is 1. The van der Waals surface area contributed by atoms with Gasteiger partial charge in [0.2, 0.25) is 0 Å². The Bertz CT molecular complexity index is 421. The molecule has 0 spiro atoms. The molecule has 1 aliphatic rings. The highest BCUT2D eigenvalue weighted by Crippen LogP contribution is 2.30. The van der Waals surface area contributed by atoms with Crippen molar-refractivity contribution in [3.8, 4) is 0 Å². The predicted octanol–water partition coefficient (Wildman–Crippen LogP) is 2.74. The Hall–Kier alpha value is -1.07. The van der Waals surface area contributed by atoms with Gasteiger partial charge in [0, 0.05) is 16.8 Å². The third-order valence-electron chi connectivity index (χ3n) is 2.45. The molecule has 1 aliphatic heterocycles. The zero-order chi connectivity index (χ0) is 12.5. The van der Waals surface area contributed by atoms with Gasteiger partial charge in [-0.25, -0.2) is 4.79 Å². The van der Waals surface area contributed by atoms with E-state index in [0.717, 1.165) is 25.2 Å². The second-order valence-electron chi connectivity index (χ2n) is 5.10. The number of hydrogen-bond acceptors (Lipinski definition) is 4. The van der Waals surface area contributed by atoms with Gasteiger partial charge in [-0.1, -0.05) is 0 Å². The Morgan fingerprint density at radius 1 is 1.53 bits per heavy atom. The first-order valence-electron chi connectivity index (χ1n) is 5.76. The van der Waals surface area contributed by atoms with Gasteiger partial charge in [0.25, 0.3) is 0 Å². The number of nitrogens with one attached hydrogen (secondary N) is 2. The lowest BCUT2D eigenvalue weighted by Gasteiger charge is -2.20. The smallest absolute Gasteiger partial charge is 0.412 e. The van der Waals surface area contributed by atoms with E-state index in [1.807, 2.05) is 26.2 Å². The summed E-state index contributed by atoms with van der Waals surface area (Å²) in [6, 6.07) is 0. The first-order valence-corrected chi connectivity index (χ1v) is 6.63. The highest BCUT2D eigenvalue weighted by molar-refractivity contribution is 7.10. The van der Waals surface area contributed by atoms with Gasteiger partial charge in [0.15, 0.2) is 0 Å². The zero-order valence-corrected chi connectivity index (χ0v) is 11.2. The SMILES string of the molecule is CC(C)(C)OC(=O)Nc1csc2c1CCNC2. The number of anilines is 1. The van der Waals surface area contributed by atoms with Crippen LogP contribution in [0.15, 0.2) is 5.38 Å². The second kappa shape index (κ2) is 4.66. The van der Waals surface area contributed by atoms with Gasteiger partial charge in [-0.3, -0.25) is 5.32 Å². The molecule has 1 amide bonds. The summed E-state index contributed by atoms with van der Waals surface area (Å²) >= 11 is 1.68. The van der Waals surface area contributed by atoms with E-state index in [2.05, 4.69) is 10.6 Å². The highest BCUT2D eigenvalue weighted by atomic mass is 32.1. The molecule has 94 valence electrons. The topological polar surface area (TPSA) is 50.4 Å². The first kappa shape index (κ1) is 12.4. The van der Waals surface area contributed by atoms with Crippen molar-refractivity contribution in [1.29, 1.82) is 0 Å². The third-order valence-corrected chi connectivity index (χ3v) is 3.48. The molecular weight excluding hydrogens is 236 g/mol. The number of carbonyl (C=O) groups excluding carboxylic acids is 1. The quantitative estimate of drug-likeness (QED) is 0.810. The molecule has 1 aromatic heterocycles. The van der Waals surface area contributed by atoms with Crippen molar-refractivity contribution in [3.63, 3.8) is 0 Å². The van der Waals surface area contributed by atoms with Crippen LogP contribution in [0.2, 0.25) is 0 Å². The second-order valence-corrected chi connectivity index (χ2v) is 6.07. The number of ether oxygens (including phenoxy) is 1. The molecule has 5 heteroatoms. The van der Waals surface area contributed by atoms with Crippen LogP contribution in [0.3, 0.4) is 0 Å². The molecule has 0 aromatic carbocycles. The normalized spacial score (nSPS) is 15.2. The molecule has 0 atom stereocenters. The summed E-state index contributed by atoms with van der Waals surface area (Å²) in [5, 5.41) is 8.13. The average molecular weight is 254 g/mol. The maximum atomic E-state index is 11.7. The monoisotopic (exact) mass is 254 g/mol. The predicted molar refractivity (Wildman–Crippen MR) is 69.6 cm³/mol. The molecule has 2 rings (SSSR count). The standard InChI is InChI=1S/C12H18N2O2S/c1-12(2,3)16-11(15)14-9-7-17-10-6-13-5-4-8(9)10/h7,13H,4-6H2,1-3H3,(H,14,15). The van der Waals surface area contributed by atoms with Gasteiger partial charge >= 0.3 is 6.09 Å². The highest BCUT2D eigenvalue weighted by Gasteiger charge is 2.20. The maximum absolute atomic E-state index is 11.7. The Morgan fingerprint density at radius 2 is 2.29 bits per heavy atom. The van der Waals surface area contributed by atoms with E-state index < -0.39 is 5.60 Å². The van der Waals surface area contributed by atoms with E-state index in [1.54, 1.807) is 11.3 Å². The largest absolute Gasteiger partial charge is 0.444 e. The van der Waals surface area contributed by atoms with Crippen LogP contribution in [0.5, 0.6) is 0 Å². The summed E-state index contributed by atoms with van der Waals surface area (Å²) in [6.07, 6.45) is 0.584. The Labute approximate surface area is 105 Å². The van der Waals surface area contributed by atoms with Crippen LogP contribution in [0.25, 0.3) is 0 Å².